The van der Waals surface area contributed by atoms with Gasteiger partial charge in [0.05, 0.1) is 20.3 Å². The molecule has 4 nitrogen and oxygen atoms in total. The minimum atomic E-state index is -0.368. The van der Waals surface area contributed by atoms with Crippen molar-refractivity contribution in [1.82, 2.24) is 0 Å². The highest BCUT2D eigenvalue weighted by molar-refractivity contribution is 5.42. The number of ether oxygens (including phenoxy) is 3. The number of aliphatic hydroxyl groups is 1. The molecule has 1 fully saturated rings. The fourth-order valence-electron chi connectivity index (χ4n) is 2.07. The Bertz CT molecular complexity index is 355. The summed E-state index contributed by atoms with van der Waals surface area (Å²) in [6, 6.07) is 5.39. The van der Waals surface area contributed by atoms with Gasteiger partial charge in [-0.2, -0.15) is 0 Å². The third kappa shape index (κ3) is 2.82. The maximum absolute atomic E-state index is 9.72. The van der Waals surface area contributed by atoms with Crippen molar-refractivity contribution in [2.24, 2.45) is 0 Å². The van der Waals surface area contributed by atoms with Gasteiger partial charge in [-0.25, -0.2) is 0 Å². The van der Waals surface area contributed by atoms with E-state index < -0.39 is 0 Å². The lowest BCUT2D eigenvalue weighted by atomic mass is 10.2. The van der Waals surface area contributed by atoms with Crippen LogP contribution < -0.4 is 14.2 Å². The molecular formula is C13H18O4. The molecule has 1 aromatic carbocycles. The van der Waals surface area contributed by atoms with Crippen LogP contribution >= 0.6 is 0 Å². The Morgan fingerprint density at radius 1 is 1.00 bits per heavy atom. The molecule has 0 spiro atoms. The lowest BCUT2D eigenvalue weighted by Gasteiger charge is -2.18. The van der Waals surface area contributed by atoms with E-state index in [0.29, 0.717) is 17.2 Å². The molecule has 1 aromatic rings. The van der Waals surface area contributed by atoms with Gasteiger partial charge in [0.15, 0.2) is 0 Å². The lowest BCUT2D eigenvalue weighted by molar-refractivity contribution is 0.0601. The van der Waals surface area contributed by atoms with Crippen molar-refractivity contribution in [3.8, 4) is 17.2 Å². The molecule has 0 amide bonds. The van der Waals surface area contributed by atoms with Crippen LogP contribution in [-0.4, -0.2) is 31.5 Å². The van der Waals surface area contributed by atoms with E-state index >= 15 is 0 Å². The second-order valence-electron chi connectivity index (χ2n) is 4.20. The molecule has 1 aliphatic carbocycles. The maximum atomic E-state index is 9.72. The number of benzene rings is 1. The first kappa shape index (κ1) is 12.0. The van der Waals surface area contributed by atoms with Crippen molar-refractivity contribution in [3.05, 3.63) is 18.2 Å². The zero-order chi connectivity index (χ0) is 12.3. The van der Waals surface area contributed by atoms with Crippen molar-refractivity contribution < 1.29 is 19.3 Å². The molecule has 94 valence electrons. The second kappa shape index (κ2) is 5.27. The standard InChI is InChI=1S/C13H18O4/c1-15-9-6-10(16-2)8-11(7-9)17-13-5-3-4-12(13)14/h6-8,12-14H,3-5H2,1-2H3/t12-,13-/m1/s1. The van der Waals surface area contributed by atoms with E-state index in [1.807, 2.05) is 0 Å². The van der Waals surface area contributed by atoms with Crippen molar-refractivity contribution in [2.75, 3.05) is 14.2 Å². The molecule has 0 radical (unpaired) electrons. The van der Waals surface area contributed by atoms with Gasteiger partial charge < -0.3 is 19.3 Å². The first-order valence-electron chi connectivity index (χ1n) is 5.80. The molecule has 17 heavy (non-hydrogen) atoms. The highest BCUT2D eigenvalue weighted by Gasteiger charge is 2.27. The van der Waals surface area contributed by atoms with E-state index in [0.717, 1.165) is 19.3 Å². The van der Waals surface area contributed by atoms with Crippen molar-refractivity contribution in [3.63, 3.8) is 0 Å². The van der Waals surface area contributed by atoms with E-state index in [4.69, 9.17) is 14.2 Å². The Balaban J connectivity index is 2.14. The van der Waals surface area contributed by atoms with Gasteiger partial charge in [-0.3, -0.25) is 0 Å². The third-order valence-electron chi connectivity index (χ3n) is 3.03. The molecule has 1 aliphatic rings. The average molecular weight is 238 g/mol. The smallest absolute Gasteiger partial charge is 0.127 e. The Kier molecular flexibility index (Phi) is 3.74. The normalized spacial score (nSPS) is 23.5. The number of hydrogen-bond acceptors (Lipinski definition) is 4. The fraction of sp³-hybridized carbons (Fsp3) is 0.538. The van der Waals surface area contributed by atoms with Gasteiger partial charge in [0.1, 0.15) is 23.4 Å². The molecular weight excluding hydrogens is 220 g/mol. The predicted octanol–water partition coefficient (Wildman–Crippen LogP) is 2.00. The number of aliphatic hydroxyl groups excluding tert-OH is 1. The van der Waals surface area contributed by atoms with E-state index in [1.54, 1.807) is 32.4 Å². The van der Waals surface area contributed by atoms with E-state index in [9.17, 15) is 5.11 Å². The van der Waals surface area contributed by atoms with Crippen molar-refractivity contribution in [2.45, 2.75) is 31.5 Å². The fourth-order valence-corrected chi connectivity index (χ4v) is 2.07. The minimum absolute atomic E-state index is 0.119. The molecule has 0 unspecified atom stereocenters. The zero-order valence-electron chi connectivity index (χ0n) is 10.2. The summed E-state index contributed by atoms with van der Waals surface area (Å²) in [5.74, 6) is 2.05. The van der Waals surface area contributed by atoms with E-state index in [1.165, 1.54) is 0 Å². The summed E-state index contributed by atoms with van der Waals surface area (Å²) in [6.45, 7) is 0. The minimum Gasteiger partial charge on any atom is -0.496 e. The van der Waals surface area contributed by atoms with Crippen LogP contribution in [0.5, 0.6) is 17.2 Å². The molecule has 1 saturated carbocycles. The maximum Gasteiger partial charge on any atom is 0.127 e. The van der Waals surface area contributed by atoms with Crippen LogP contribution in [0.15, 0.2) is 18.2 Å². The molecule has 4 heteroatoms. The van der Waals surface area contributed by atoms with Gasteiger partial charge in [-0.15, -0.1) is 0 Å². The molecule has 2 rings (SSSR count). The summed E-state index contributed by atoms with van der Waals surface area (Å²) in [4.78, 5) is 0. The van der Waals surface area contributed by atoms with Gasteiger partial charge in [-0.05, 0) is 19.3 Å². The van der Waals surface area contributed by atoms with Crippen LogP contribution in [0.4, 0.5) is 0 Å². The van der Waals surface area contributed by atoms with Crippen LogP contribution in [0.1, 0.15) is 19.3 Å². The first-order valence-corrected chi connectivity index (χ1v) is 5.80. The molecule has 1 N–H and O–H groups in total. The zero-order valence-corrected chi connectivity index (χ0v) is 10.2. The van der Waals surface area contributed by atoms with Crippen molar-refractivity contribution >= 4 is 0 Å². The second-order valence-corrected chi connectivity index (χ2v) is 4.20. The lowest BCUT2D eigenvalue weighted by Crippen LogP contribution is -2.25. The summed E-state index contributed by atoms with van der Waals surface area (Å²) in [5, 5.41) is 9.72. The summed E-state index contributed by atoms with van der Waals surface area (Å²) in [5.41, 5.74) is 0. The molecule has 0 heterocycles. The van der Waals surface area contributed by atoms with Crippen molar-refractivity contribution in [1.29, 1.82) is 0 Å². The monoisotopic (exact) mass is 238 g/mol. The summed E-state index contributed by atoms with van der Waals surface area (Å²) in [7, 11) is 3.20. The molecule has 0 aliphatic heterocycles. The summed E-state index contributed by atoms with van der Waals surface area (Å²) >= 11 is 0. The Hall–Kier alpha value is -1.42. The van der Waals surface area contributed by atoms with Crippen LogP contribution in [0.2, 0.25) is 0 Å². The Labute approximate surface area is 101 Å². The highest BCUT2D eigenvalue weighted by atomic mass is 16.5. The van der Waals surface area contributed by atoms with Gasteiger partial charge in [-0.1, -0.05) is 0 Å². The van der Waals surface area contributed by atoms with Crippen LogP contribution in [0.25, 0.3) is 0 Å². The SMILES string of the molecule is COc1cc(OC)cc(O[C@@H]2CCC[C@H]2O)c1. The highest BCUT2D eigenvalue weighted by Crippen LogP contribution is 2.31. The Morgan fingerprint density at radius 2 is 1.59 bits per heavy atom. The van der Waals surface area contributed by atoms with E-state index in [-0.39, 0.29) is 12.2 Å². The number of methoxy groups -OCH3 is 2. The predicted molar refractivity (Wildman–Crippen MR) is 63.8 cm³/mol. The Morgan fingerprint density at radius 3 is 2.06 bits per heavy atom. The summed E-state index contributed by atoms with van der Waals surface area (Å²) in [6.07, 6.45) is 2.22. The quantitative estimate of drug-likeness (QED) is 0.871. The van der Waals surface area contributed by atoms with Crippen LogP contribution in [0, 0.1) is 0 Å². The molecule has 2 atom stereocenters. The van der Waals surface area contributed by atoms with Gasteiger partial charge in [0, 0.05) is 18.2 Å². The molecule has 0 saturated heterocycles. The van der Waals surface area contributed by atoms with Crippen LogP contribution in [0.3, 0.4) is 0 Å². The molecule has 0 bridgehead atoms. The van der Waals surface area contributed by atoms with E-state index in [2.05, 4.69) is 0 Å². The van der Waals surface area contributed by atoms with Gasteiger partial charge >= 0.3 is 0 Å². The summed E-state index contributed by atoms with van der Waals surface area (Å²) < 4.78 is 16.1. The largest absolute Gasteiger partial charge is 0.496 e. The van der Waals surface area contributed by atoms with Gasteiger partial charge in [0.25, 0.3) is 0 Å². The molecule has 0 aromatic heterocycles. The number of rotatable bonds is 4. The third-order valence-corrected chi connectivity index (χ3v) is 3.03. The van der Waals surface area contributed by atoms with Crippen LogP contribution in [-0.2, 0) is 0 Å². The van der Waals surface area contributed by atoms with Gasteiger partial charge in [0.2, 0.25) is 0 Å². The average Bonchev–Trinajstić information content (AvgIpc) is 2.74. The number of hydrogen-bond donors (Lipinski definition) is 1. The first-order chi connectivity index (χ1) is 8.22. The topological polar surface area (TPSA) is 47.9 Å².